The van der Waals surface area contributed by atoms with Crippen molar-refractivity contribution in [3.8, 4) is 17.2 Å². The van der Waals surface area contributed by atoms with Crippen molar-refractivity contribution in [2.45, 2.75) is 38.3 Å². The van der Waals surface area contributed by atoms with E-state index < -0.39 is 0 Å². The molecule has 3 N–H and O–H groups in total. The Morgan fingerprint density at radius 3 is 2.81 bits per heavy atom. The van der Waals surface area contributed by atoms with Crippen molar-refractivity contribution in [3.05, 3.63) is 17.7 Å². The molecule has 0 bridgehead atoms. The quantitative estimate of drug-likeness (QED) is 0.660. The Bertz CT molecular complexity index is 529. The van der Waals surface area contributed by atoms with Gasteiger partial charge in [-0.1, -0.05) is 0 Å². The average molecular weight is 292 g/mol. The summed E-state index contributed by atoms with van der Waals surface area (Å²) in [4.78, 5) is 11.5. The lowest BCUT2D eigenvalue weighted by molar-refractivity contribution is -0.121. The van der Waals surface area contributed by atoms with E-state index in [4.69, 9.17) is 9.47 Å². The van der Waals surface area contributed by atoms with E-state index in [-0.39, 0.29) is 18.4 Å². The van der Waals surface area contributed by atoms with Crippen LogP contribution < -0.4 is 20.1 Å². The molecule has 1 saturated carbocycles. The molecule has 114 valence electrons. The van der Waals surface area contributed by atoms with E-state index in [1.807, 2.05) is 0 Å². The van der Waals surface area contributed by atoms with Gasteiger partial charge in [0, 0.05) is 30.6 Å². The summed E-state index contributed by atoms with van der Waals surface area (Å²) in [5.74, 6) is 1.56. The third-order valence-electron chi connectivity index (χ3n) is 3.59. The summed E-state index contributed by atoms with van der Waals surface area (Å²) in [6, 6.07) is 3.78. The van der Waals surface area contributed by atoms with Crippen LogP contribution in [0.1, 0.15) is 31.2 Å². The fourth-order valence-electron chi connectivity index (χ4n) is 2.24. The normalized spacial score (nSPS) is 16.0. The molecule has 21 heavy (non-hydrogen) atoms. The molecule has 0 aromatic heterocycles. The zero-order valence-electron chi connectivity index (χ0n) is 11.9. The van der Waals surface area contributed by atoms with E-state index in [9.17, 15) is 9.90 Å². The van der Waals surface area contributed by atoms with Gasteiger partial charge >= 0.3 is 0 Å². The molecule has 6 heteroatoms. The molecule has 1 fully saturated rings. The molecule has 1 aliphatic heterocycles. The van der Waals surface area contributed by atoms with Gasteiger partial charge in [0.25, 0.3) is 0 Å². The van der Waals surface area contributed by atoms with Crippen LogP contribution in [-0.2, 0) is 11.3 Å². The van der Waals surface area contributed by atoms with Crippen LogP contribution in [0.15, 0.2) is 12.1 Å². The zero-order valence-corrected chi connectivity index (χ0v) is 11.9. The number of hydrogen-bond acceptors (Lipinski definition) is 5. The first-order valence-corrected chi connectivity index (χ1v) is 7.34. The van der Waals surface area contributed by atoms with Gasteiger partial charge < -0.3 is 25.2 Å². The number of carbonyl (C=O) groups is 1. The minimum absolute atomic E-state index is 0.130. The highest BCUT2D eigenvalue weighted by molar-refractivity contribution is 5.76. The van der Waals surface area contributed by atoms with Crippen LogP contribution in [0.3, 0.4) is 0 Å². The molecule has 0 saturated heterocycles. The molecular formula is C15H20N2O4. The van der Waals surface area contributed by atoms with Crippen molar-refractivity contribution in [2.24, 2.45) is 0 Å². The van der Waals surface area contributed by atoms with Gasteiger partial charge in [0.15, 0.2) is 11.5 Å². The van der Waals surface area contributed by atoms with Crippen LogP contribution in [0.2, 0.25) is 0 Å². The SMILES string of the molecule is O=C(CCCNCc1cc2c(cc1O)OCO2)NC1CC1. The van der Waals surface area contributed by atoms with Gasteiger partial charge in [-0.25, -0.2) is 0 Å². The van der Waals surface area contributed by atoms with E-state index in [1.165, 1.54) is 0 Å². The van der Waals surface area contributed by atoms with Crippen LogP contribution in [-0.4, -0.2) is 30.4 Å². The molecule has 0 spiro atoms. The number of hydrogen-bond donors (Lipinski definition) is 3. The number of phenolic OH excluding ortho intramolecular Hbond substituents is 1. The molecule has 1 aromatic rings. The molecular weight excluding hydrogens is 272 g/mol. The zero-order chi connectivity index (χ0) is 14.7. The van der Waals surface area contributed by atoms with Crippen molar-refractivity contribution in [3.63, 3.8) is 0 Å². The summed E-state index contributed by atoms with van der Waals surface area (Å²) in [6.45, 7) is 1.46. The maximum absolute atomic E-state index is 11.5. The Hall–Kier alpha value is -1.95. The first kappa shape index (κ1) is 14.0. The predicted octanol–water partition coefficient (Wildman–Crippen LogP) is 1.27. The fraction of sp³-hybridized carbons (Fsp3) is 0.533. The second-order valence-electron chi connectivity index (χ2n) is 5.46. The van der Waals surface area contributed by atoms with Gasteiger partial charge in [-0.2, -0.15) is 0 Å². The van der Waals surface area contributed by atoms with E-state index in [1.54, 1.807) is 12.1 Å². The smallest absolute Gasteiger partial charge is 0.231 e. The molecule has 1 heterocycles. The molecule has 1 aliphatic carbocycles. The standard InChI is InChI=1S/C15H20N2O4/c18-12-7-14-13(20-9-21-14)6-10(12)8-16-5-1-2-15(19)17-11-3-4-11/h6-7,11,16,18H,1-5,8-9H2,(H,17,19). The summed E-state index contributed by atoms with van der Waals surface area (Å²) in [5.41, 5.74) is 0.765. The number of nitrogens with one attached hydrogen (secondary N) is 2. The Morgan fingerprint density at radius 1 is 1.29 bits per heavy atom. The van der Waals surface area contributed by atoms with Crippen molar-refractivity contribution >= 4 is 5.91 Å². The Balaban J connectivity index is 1.38. The molecule has 6 nitrogen and oxygen atoms in total. The van der Waals surface area contributed by atoms with Crippen LogP contribution in [0.4, 0.5) is 0 Å². The number of rotatable bonds is 7. The molecule has 0 atom stereocenters. The lowest BCUT2D eigenvalue weighted by atomic mass is 10.1. The lowest BCUT2D eigenvalue weighted by Crippen LogP contribution is -2.26. The summed E-state index contributed by atoms with van der Waals surface area (Å²) in [5, 5.41) is 16.1. The van der Waals surface area contributed by atoms with Gasteiger partial charge in [0.05, 0.1) is 0 Å². The minimum atomic E-state index is 0.130. The van der Waals surface area contributed by atoms with Crippen molar-refractivity contribution in [1.82, 2.24) is 10.6 Å². The Labute approximate surface area is 123 Å². The van der Waals surface area contributed by atoms with Crippen LogP contribution in [0.25, 0.3) is 0 Å². The third-order valence-corrected chi connectivity index (χ3v) is 3.59. The van der Waals surface area contributed by atoms with Crippen molar-refractivity contribution in [2.75, 3.05) is 13.3 Å². The van der Waals surface area contributed by atoms with E-state index in [0.717, 1.165) is 31.4 Å². The highest BCUT2D eigenvalue weighted by atomic mass is 16.7. The molecule has 2 aliphatic rings. The first-order valence-electron chi connectivity index (χ1n) is 7.34. The Kier molecular flexibility index (Phi) is 4.15. The largest absolute Gasteiger partial charge is 0.507 e. The van der Waals surface area contributed by atoms with Gasteiger partial charge in [-0.05, 0) is 31.9 Å². The predicted molar refractivity (Wildman–Crippen MR) is 76.3 cm³/mol. The lowest BCUT2D eigenvalue weighted by Gasteiger charge is -2.08. The molecule has 1 amide bonds. The molecule has 1 aromatic carbocycles. The minimum Gasteiger partial charge on any atom is -0.507 e. The number of phenols is 1. The van der Waals surface area contributed by atoms with E-state index >= 15 is 0 Å². The van der Waals surface area contributed by atoms with Crippen LogP contribution >= 0.6 is 0 Å². The number of amides is 1. The van der Waals surface area contributed by atoms with E-state index in [2.05, 4.69) is 10.6 Å². The summed E-state index contributed by atoms with van der Waals surface area (Å²) in [7, 11) is 0. The van der Waals surface area contributed by atoms with Gasteiger partial charge in [-0.15, -0.1) is 0 Å². The highest BCUT2D eigenvalue weighted by Crippen LogP contribution is 2.37. The Morgan fingerprint density at radius 2 is 2.05 bits per heavy atom. The van der Waals surface area contributed by atoms with Crippen LogP contribution in [0, 0.1) is 0 Å². The average Bonchev–Trinajstić information content (AvgIpc) is 3.15. The first-order chi connectivity index (χ1) is 10.2. The summed E-state index contributed by atoms with van der Waals surface area (Å²) >= 11 is 0. The topological polar surface area (TPSA) is 79.8 Å². The monoisotopic (exact) mass is 292 g/mol. The fourth-order valence-corrected chi connectivity index (χ4v) is 2.24. The highest BCUT2D eigenvalue weighted by Gasteiger charge is 2.22. The molecule has 0 radical (unpaired) electrons. The second kappa shape index (κ2) is 6.22. The number of aromatic hydroxyl groups is 1. The maximum atomic E-state index is 11.5. The third kappa shape index (κ3) is 3.78. The van der Waals surface area contributed by atoms with Crippen LogP contribution in [0.5, 0.6) is 17.2 Å². The molecule has 3 rings (SSSR count). The number of benzene rings is 1. The van der Waals surface area contributed by atoms with Crippen molar-refractivity contribution in [1.29, 1.82) is 0 Å². The summed E-state index contributed by atoms with van der Waals surface area (Å²) in [6.07, 6.45) is 3.56. The maximum Gasteiger partial charge on any atom is 0.231 e. The van der Waals surface area contributed by atoms with Gasteiger partial charge in [-0.3, -0.25) is 4.79 Å². The summed E-state index contributed by atoms with van der Waals surface area (Å²) < 4.78 is 10.5. The number of fused-ring (bicyclic) bond motifs is 1. The number of ether oxygens (including phenoxy) is 2. The molecule has 0 unspecified atom stereocenters. The number of carbonyl (C=O) groups excluding carboxylic acids is 1. The van der Waals surface area contributed by atoms with Gasteiger partial charge in [0.2, 0.25) is 12.7 Å². The van der Waals surface area contributed by atoms with Crippen molar-refractivity contribution < 1.29 is 19.4 Å². The second-order valence-corrected chi connectivity index (χ2v) is 5.46. The van der Waals surface area contributed by atoms with Gasteiger partial charge in [0.1, 0.15) is 5.75 Å². The van der Waals surface area contributed by atoms with E-state index in [0.29, 0.717) is 30.5 Å².